The van der Waals surface area contributed by atoms with Crippen LogP contribution in [0.25, 0.3) is 0 Å². The average molecular weight is 398 g/mol. The molecule has 2 heterocycles. The second-order valence-corrected chi connectivity index (χ2v) is 6.20. The molecule has 0 aromatic heterocycles. The van der Waals surface area contributed by atoms with Crippen molar-refractivity contribution in [1.29, 1.82) is 0 Å². The highest BCUT2D eigenvalue weighted by Crippen LogP contribution is 2.12. The molecular formula is C18H22O10. The van der Waals surface area contributed by atoms with Crippen LogP contribution in [-0.4, -0.2) is 62.9 Å². The van der Waals surface area contributed by atoms with Gasteiger partial charge in [0.2, 0.25) is 12.2 Å². The molecule has 10 nitrogen and oxygen atoms in total. The van der Waals surface area contributed by atoms with Crippen LogP contribution in [0.4, 0.5) is 9.59 Å². The molecule has 2 saturated heterocycles. The summed E-state index contributed by atoms with van der Waals surface area (Å²) in [5.41, 5.74) is 2.01. The Labute approximate surface area is 161 Å². The Bertz CT molecular complexity index is 620. The van der Waals surface area contributed by atoms with Crippen LogP contribution in [0.2, 0.25) is 0 Å². The van der Waals surface area contributed by atoms with Crippen molar-refractivity contribution < 1.29 is 47.6 Å². The maximum Gasteiger partial charge on any atom is 0.509 e. The summed E-state index contributed by atoms with van der Waals surface area (Å²) >= 11 is 0. The lowest BCUT2D eigenvalue weighted by Crippen LogP contribution is -2.25. The smallest absolute Gasteiger partial charge is 0.459 e. The molecule has 28 heavy (non-hydrogen) atoms. The summed E-state index contributed by atoms with van der Waals surface area (Å²) in [5, 5.41) is 0. The van der Waals surface area contributed by atoms with Gasteiger partial charge in [-0.1, -0.05) is 11.1 Å². The molecule has 2 aliphatic heterocycles. The first-order valence-corrected chi connectivity index (χ1v) is 8.66. The van der Waals surface area contributed by atoms with Crippen molar-refractivity contribution in [1.82, 2.24) is 0 Å². The Morgan fingerprint density at radius 1 is 0.857 bits per heavy atom. The van der Waals surface area contributed by atoms with Crippen LogP contribution in [0.15, 0.2) is 23.3 Å². The Balaban J connectivity index is 1.60. The van der Waals surface area contributed by atoms with Crippen LogP contribution >= 0.6 is 0 Å². The number of rotatable bonds is 9. The fourth-order valence-corrected chi connectivity index (χ4v) is 2.20. The van der Waals surface area contributed by atoms with Gasteiger partial charge in [-0.05, 0) is 38.8 Å². The van der Waals surface area contributed by atoms with E-state index in [1.807, 2.05) is 13.8 Å². The Morgan fingerprint density at radius 2 is 1.25 bits per heavy atom. The van der Waals surface area contributed by atoms with E-state index in [9.17, 15) is 19.2 Å². The molecule has 0 N–H and O–H groups in total. The van der Waals surface area contributed by atoms with Crippen molar-refractivity contribution in [3.05, 3.63) is 23.3 Å². The predicted octanol–water partition coefficient (Wildman–Crippen LogP) is 1.82. The molecule has 2 aliphatic rings. The van der Waals surface area contributed by atoms with Crippen LogP contribution in [0.5, 0.6) is 0 Å². The molecule has 0 radical (unpaired) electrons. The molecule has 0 spiro atoms. The largest absolute Gasteiger partial charge is 0.509 e. The minimum atomic E-state index is -1.01. The molecule has 2 rings (SSSR count). The van der Waals surface area contributed by atoms with E-state index in [0.29, 0.717) is 0 Å². The third-order valence-corrected chi connectivity index (χ3v) is 3.94. The van der Waals surface area contributed by atoms with E-state index in [1.54, 1.807) is 12.2 Å². The second-order valence-electron chi connectivity index (χ2n) is 6.20. The first-order chi connectivity index (χ1) is 13.3. The lowest BCUT2D eigenvalue weighted by atomic mass is 10.1. The predicted molar refractivity (Wildman–Crippen MR) is 91.1 cm³/mol. The van der Waals surface area contributed by atoms with E-state index in [1.165, 1.54) is 0 Å². The fraction of sp³-hybridized carbons (Fsp3) is 0.556. The number of allylic oxidation sites excluding steroid dienone is 2. The van der Waals surface area contributed by atoms with Gasteiger partial charge in [0.05, 0.1) is 0 Å². The Morgan fingerprint density at radius 3 is 1.57 bits per heavy atom. The minimum Gasteiger partial charge on any atom is -0.459 e. The summed E-state index contributed by atoms with van der Waals surface area (Å²) in [4.78, 5) is 44.8. The molecule has 0 aromatic carbocycles. The second kappa shape index (κ2) is 10.3. The first-order valence-electron chi connectivity index (χ1n) is 8.66. The van der Waals surface area contributed by atoms with Gasteiger partial charge >= 0.3 is 24.2 Å². The third kappa shape index (κ3) is 6.93. The molecule has 0 aliphatic carbocycles. The van der Waals surface area contributed by atoms with Gasteiger partial charge in [0.1, 0.15) is 26.4 Å². The van der Waals surface area contributed by atoms with Crippen molar-refractivity contribution in [3.8, 4) is 0 Å². The van der Waals surface area contributed by atoms with E-state index >= 15 is 0 Å². The van der Waals surface area contributed by atoms with Gasteiger partial charge < -0.3 is 28.4 Å². The van der Waals surface area contributed by atoms with E-state index in [2.05, 4.69) is 18.9 Å². The fourth-order valence-electron chi connectivity index (χ4n) is 2.20. The molecule has 10 heteroatoms. The average Bonchev–Trinajstić information content (AvgIpc) is 3.28. The quantitative estimate of drug-likeness (QED) is 0.323. The highest BCUT2D eigenvalue weighted by Gasteiger charge is 2.33. The standard InChI is InChI=1S/C18H22O10/c1-11(5-7-23-15(19)13-9-25-17(21)27-13)3-4-12(2)6-8-24-16(20)14-10-26-18(22)28-14/h5-6,13-14H,3-4,7-10H2,1-2H3/b11-5+,12-6+. The van der Waals surface area contributed by atoms with Gasteiger partial charge in [-0.2, -0.15) is 0 Å². The highest BCUT2D eigenvalue weighted by atomic mass is 16.8. The van der Waals surface area contributed by atoms with E-state index in [-0.39, 0.29) is 26.4 Å². The van der Waals surface area contributed by atoms with Crippen LogP contribution in [0.3, 0.4) is 0 Å². The number of cyclic esters (lactones) is 4. The lowest BCUT2D eigenvalue weighted by molar-refractivity contribution is -0.151. The SMILES string of the molecule is C/C(=C\COC(=O)C1COC(=O)O1)CC/C(C)=C/COC(=O)C1COC(=O)O1. The van der Waals surface area contributed by atoms with E-state index in [0.717, 1.165) is 24.0 Å². The molecular weight excluding hydrogens is 376 g/mol. The van der Waals surface area contributed by atoms with Gasteiger partial charge in [0, 0.05) is 0 Å². The van der Waals surface area contributed by atoms with E-state index in [4.69, 9.17) is 9.47 Å². The first kappa shape index (κ1) is 21.3. The number of hydrogen-bond donors (Lipinski definition) is 0. The van der Waals surface area contributed by atoms with Crippen molar-refractivity contribution >= 4 is 24.2 Å². The van der Waals surface area contributed by atoms with Crippen LogP contribution < -0.4 is 0 Å². The van der Waals surface area contributed by atoms with Gasteiger partial charge in [0.25, 0.3) is 0 Å². The zero-order valence-electron chi connectivity index (χ0n) is 15.6. The lowest BCUT2D eigenvalue weighted by Gasteiger charge is -2.07. The molecule has 2 unspecified atom stereocenters. The van der Waals surface area contributed by atoms with Gasteiger partial charge in [-0.25, -0.2) is 19.2 Å². The summed E-state index contributed by atoms with van der Waals surface area (Å²) in [6.45, 7) is 3.67. The zero-order valence-corrected chi connectivity index (χ0v) is 15.6. The van der Waals surface area contributed by atoms with Crippen molar-refractivity contribution in [2.75, 3.05) is 26.4 Å². The molecule has 2 fully saturated rings. The van der Waals surface area contributed by atoms with Gasteiger partial charge in [-0.15, -0.1) is 0 Å². The topological polar surface area (TPSA) is 124 Å². The summed E-state index contributed by atoms with van der Waals surface area (Å²) < 4.78 is 28.3. The third-order valence-electron chi connectivity index (χ3n) is 3.94. The Kier molecular flexibility index (Phi) is 7.85. The number of ether oxygens (including phenoxy) is 6. The van der Waals surface area contributed by atoms with Gasteiger partial charge in [0.15, 0.2) is 0 Å². The van der Waals surface area contributed by atoms with Crippen molar-refractivity contribution in [3.63, 3.8) is 0 Å². The monoisotopic (exact) mass is 398 g/mol. The van der Waals surface area contributed by atoms with Crippen LogP contribution in [-0.2, 0) is 38.0 Å². The number of carbonyl (C=O) groups excluding carboxylic acids is 4. The molecule has 0 bridgehead atoms. The summed E-state index contributed by atoms with van der Waals surface area (Å²) in [6.07, 6.45) is 1.21. The molecule has 154 valence electrons. The number of hydrogen-bond acceptors (Lipinski definition) is 10. The van der Waals surface area contributed by atoms with Crippen molar-refractivity contribution in [2.45, 2.75) is 38.9 Å². The van der Waals surface area contributed by atoms with Crippen LogP contribution in [0, 0.1) is 0 Å². The molecule has 0 aromatic rings. The number of esters is 2. The summed E-state index contributed by atoms with van der Waals surface area (Å²) in [5.74, 6) is -1.29. The molecule has 0 saturated carbocycles. The maximum atomic E-state index is 11.6. The van der Waals surface area contributed by atoms with E-state index < -0.39 is 36.5 Å². The van der Waals surface area contributed by atoms with Crippen LogP contribution in [0.1, 0.15) is 26.7 Å². The Hall–Kier alpha value is -3.04. The maximum absolute atomic E-state index is 11.6. The molecule has 0 amide bonds. The normalized spacial score (nSPS) is 22.1. The minimum absolute atomic E-state index is 0.0707. The summed E-state index contributed by atoms with van der Waals surface area (Å²) in [7, 11) is 0. The van der Waals surface area contributed by atoms with Crippen molar-refractivity contribution in [2.24, 2.45) is 0 Å². The number of carbonyl (C=O) groups is 4. The molecule has 2 atom stereocenters. The highest BCUT2D eigenvalue weighted by molar-refractivity contribution is 5.80. The summed E-state index contributed by atoms with van der Waals surface area (Å²) in [6, 6.07) is 0. The zero-order chi connectivity index (χ0) is 20.5. The van der Waals surface area contributed by atoms with Gasteiger partial charge in [-0.3, -0.25) is 0 Å².